The number of hydrogen-bond acceptors (Lipinski definition) is 4. The molecule has 1 heterocycles. The third kappa shape index (κ3) is 6.91. The van der Waals surface area contributed by atoms with Crippen molar-refractivity contribution in [1.29, 1.82) is 0 Å². The van der Waals surface area contributed by atoms with Crippen molar-refractivity contribution in [3.05, 3.63) is 139 Å². The van der Waals surface area contributed by atoms with Crippen LogP contribution in [0.25, 0.3) is 0 Å². The van der Waals surface area contributed by atoms with E-state index in [1.165, 1.54) is 6.92 Å². The van der Waals surface area contributed by atoms with Crippen LogP contribution in [0.15, 0.2) is 47.9 Å². The maximum Gasteiger partial charge on any atom is 0.382 e. The lowest BCUT2D eigenvalue weighted by atomic mass is 9.27. The van der Waals surface area contributed by atoms with Crippen LogP contribution in [-0.4, -0.2) is 31.8 Å². The zero-order valence-corrected chi connectivity index (χ0v) is 33.1. The summed E-state index contributed by atoms with van der Waals surface area (Å²) in [5, 5.41) is 1.08. The van der Waals surface area contributed by atoms with Gasteiger partial charge in [0.2, 0.25) is 17.6 Å². The minimum absolute atomic E-state index is 0.0621. The fourth-order valence-corrected chi connectivity index (χ4v) is 11.2. The van der Waals surface area contributed by atoms with Gasteiger partial charge in [0.15, 0.2) is 53.1 Å². The van der Waals surface area contributed by atoms with Crippen LogP contribution in [0, 0.1) is 106 Å². The van der Waals surface area contributed by atoms with Gasteiger partial charge in [0.1, 0.15) is 23.3 Å². The van der Waals surface area contributed by atoms with Gasteiger partial charge in [-0.15, -0.1) is 6.32 Å². The number of rotatable bonds is 8. The molecule has 57 heavy (non-hydrogen) atoms. The van der Waals surface area contributed by atoms with Crippen molar-refractivity contribution >= 4 is 46.7 Å². The van der Waals surface area contributed by atoms with E-state index >= 15 is 35.1 Å². The van der Waals surface area contributed by atoms with Gasteiger partial charge >= 0.3 is 5.97 Å². The van der Waals surface area contributed by atoms with Gasteiger partial charge in [-0.2, -0.15) is 0 Å². The lowest BCUT2D eigenvalue weighted by molar-refractivity contribution is -0.132. The maximum atomic E-state index is 16.0. The molecule has 16 heteroatoms. The van der Waals surface area contributed by atoms with Crippen LogP contribution in [0.3, 0.4) is 0 Å². The number of esters is 1. The Balaban J connectivity index is 2.12. The Morgan fingerprint density at radius 2 is 0.982 bits per heavy atom. The predicted molar refractivity (Wildman–Crippen MR) is 200 cm³/mol. The SMILES string of the molecule is C=C(C)C1C[B-](c2c(F)c(F)c(F)c(F)c2F)(c2c(F)c(F)c(F)c(F)c2F)OC(OC)=C1C(C(=O)OC)=[P+](c1c(C)cc(C)cc1C)c1c(C)cc(C)cc1C. The molecule has 1 aliphatic rings. The molecule has 0 fully saturated rings. The number of benzene rings is 4. The molecular weight excluding hydrogens is 788 g/mol. The fourth-order valence-electron chi connectivity index (χ4n) is 8.12. The Morgan fingerprint density at radius 3 is 1.28 bits per heavy atom. The van der Waals surface area contributed by atoms with E-state index in [0.29, 0.717) is 32.9 Å². The second kappa shape index (κ2) is 15.7. The minimum Gasteiger partial charge on any atom is -0.679 e. The van der Waals surface area contributed by atoms with Gasteiger partial charge in [0.05, 0.1) is 19.8 Å². The first-order valence-corrected chi connectivity index (χ1v) is 18.7. The zero-order valence-electron chi connectivity index (χ0n) is 32.2. The highest BCUT2D eigenvalue weighted by molar-refractivity contribution is 7.76. The summed E-state index contributed by atoms with van der Waals surface area (Å²) < 4.78 is 170. The number of hydrogen-bond donors (Lipinski definition) is 0. The first-order valence-electron chi connectivity index (χ1n) is 17.3. The van der Waals surface area contributed by atoms with Crippen LogP contribution < -0.4 is 21.5 Å². The number of ether oxygens (including phenoxy) is 2. The van der Waals surface area contributed by atoms with E-state index in [1.807, 2.05) is 38.1 Å². The van der Waals surface area contributed by atoms with Gasteiger partial charge in [-0.3, -0.25) is 0 Å². The summed E-state index contributed by atoms with van der Waals surface area (Å²) in [5.74, 6) is -30.1. The van der Waals surface area contributed by atoms with E-state index in [-0.39, 0.29) is 16.4 Å². The predicted octanol–water partition coefficient (Wildman–Crippen LogP) is 8.55. The van der Waals surface area contributed by atoms with Crippen LogP contribution in [-0.2, 0) is 18.9 Å². The first-order chi connectivity index (χ1) is 26.6. The monoisotopic (exact) mass is 824 g/mol. The smallest absolute Gasteiger partial charge is 0.382 e. The Kier molecular flexibility index (Phi) is 11.9. The van der Waals surface area contributed by atoms with Gasteiger partial charge in [-0.1, -0.05) is 58.5 Å². The molecule has 0 aliphatic carbocycles. The molecule has 0 saturated carbocycles. The van der Waals surface area contributed by atoms with Gasteiger partial charge in [0, 0.05) is 0 Å². The number of carbonyl (C=O) groups is 1. The zero-order chi connectivity index (χ0) is 42.7. The van der Waals surface area contributed by atoms with Crippen LogP contribution in [0.1, 0.15) is 40.3 Å². The second-order valence-electron chi connectivity index (χ2n) is 14.3. The average molecular weight is 825 g/mol. The van der Waals surface area contributed by atoms with Crippen molar-refractivity contribution in [3.8, 4) is 0 Å². The molecule has 302 valence electrons. The minimum atomic E-state index is -4.80. The van der Waals surface area contributed by atoms with Gasteiger partial charge < -0.3 is 14.1 Å². The number of methoxy groups -OCH3 is 2. The summed E-state index contributed by atoms with van der Waals surface area (Å²) in [4.78, 5) is 14.4. The van der Waals surface area contributed by atoms with Crippen molar-refractivity contribution in [2.24, 2.45) is 5.92 Å². The molecule has 1 unspecified atom stereocenters. The van der Waals surface area contributed by atoms with Gasteiger partial charge in [0.25, 0.3) is 0 Å². The van der Waals surface area contributed by atoms with Crippen molar-refractivity contribution in [2.45, 2.75) is 54.8 Å². The third-order valence-corrected chi connectivity index (χ3v) is 13.4. The lowest BCUT2D eigenvalue weighted by Crippen LogP contribution is -2.68. The van der Waals surface area contributed by atoms with E-state index in [2.05, 4.69) is 6.58 Å². The molecule has 1 aliphatic heterocycles. The highest BCUT2D eigenvalue weighted by Crippen LogP contribution is 2.45. The molecule has 0 aromatic heterocycles. The molecular formula is C41H36BF10O4P. The highest BCUT2D eigenvalue weighted by atomic mass is 31.1. The number of aryl methyl sites for hydroxylation is 6. The summed E-state index contributed by atoms with van der Waals surface area (Å²) in [7, 11) is -0.155. The Bertz CT molecular complexity index is 2250. The number of carbonyl (C=O) groups excluding carboxylic acids is 1. The Labute approximate surface area is 323 Å². The first kappa shape index (κ1) is 43.1. The molecule has 4 aromatic rings. The van der Waals surface area contributed by atoms with E-state index in [0.717, 1.165) is 25.3 Å². The number of allylic oxidation sites excluding steroid dienone is 1. The summed E-state index contributed by atoms with van der Waals surface area (Å²) in [6.45, 7) is 16.2. The molecule has 0 bridgehead atoms. The molecule has 4 aromatic carbocycles. The van der Waals surface area contributed by atoms with Crippen LogP contribution >= 0.6 is 7.55 Å². The maximum absolute atomic E-state index is 16.0. The van der Waals surface area contributed by atoms with E-state index in [9.17, 15) is 13.6 Å². The largest absolute Gasteiger partial charge is 0.679 e. The molecule has 0 saturated heterocycles. The summed E-state index contributed by atoms with van der Waals surface area (Å²) in [6, 6.07) is 7.46. The molecule has 0 N–H and O–H groups in total. The molecule has 1 atom stereocenters. The molecule has 0 amide bonds. The Hall–Kier alpha value is -5.04. The van der Waals surface area contributed by atoms with Crippen LogP contribution in [0.4, 0.5) is 43.9 Å². The standard InChI is InChI=1S/C41H36BF10O4P/c1-16(2)23-15-42(25-27(43)31(47)35(51)32(48)28(25)44,26-29(45)33(49)36(52)34(50)30(26)46)56-41(55-10)24(23)39(40(53)54-9)57(37-19(5)11-17(3)12-20(37)6)38-21(7)13-18(4)14-22(38)8/h11-14,23H,1,15H2,2-10H3. The second-order valence-corrected chi connectivity index (χ2v) is 16.3. The highest BCUT2D eigenvalue weighted by Gasteiger charge is 2.53. The van der Waals surface area contributed by atoms with E-state index in [4.69, 9.17) is 14.1 Å². The van der Waals surface area contributed by atoms with Crippen molar-refractivity contribution in [3.63, 3.8) is 0 Å². The quantitative estimate of drug-likeness (QED) is 0.0340. The summed E-state index contributed by atoms with van der Waals surface area (Å²) >= 11 is 0. The molecule has 0 spiro atoms. The van der Waals surface area contributed by atoms with E-state index in [1.54, 1.807) is 27.7 Å². The topological polar surface area (TPSA) is 44.8 Å². The van der Waals surface area contributed by atoms with E-state index < -0.39 is 107 Å². The van der Waals surface area contributed by atoms with Crippen molar-refractivity contribution in [1.82, 2.24) is 0 Å². The van der Waals surface area contributed by atoms with Gasteiger partial charge in [-0.05, 0) is 76.6 Å². The average Bonchev–Trinajstić information content (AvgIpc) is 3.13. The lowest BCUT2D eigenvalue weighted by Gasteiger charge is -2.50. The molecule has 0 radical (unpaired) electrons. The van der Waals surface area contributed by atoms with Crippen LogP contribution in [0.2, 0.25) is 6.32 Å². The summed E-state index contributed by atoms with van der Waals surface area (Å²) in [6.07, 6.45) is -6.09. The van der Waals surface area contributed by atoms with Gasteiger partial charge in [-0.25, -0.2) is 48.7 Å². The molecule has 4 nitrogen and oxygen atoms in total. The molecule has 5 rings (SSSR count). The fraction of sp³-hybridized carbons (Fsp3) is 0.268. The third-order valence-electron chi connectivity index (χ3n) is 10.2. The van der Waals surface area contributed by atoms with Crippen molar-refractivity contribution < 1.29 is 62.8 Å². The van der Waals surface area contributed by atoms with Crippen LogP contribution in [0.5, 0.6) is 0 Å². The normalized spacial score (nSPS) is 15.0. The number of halogens is 10. The summed E-state index contributed by atoms with van der Waals surface area (Å²) in [5.41, 5.74) is 0.187. The van der Waals surface area contributed by atoms with Crippen molar-refractivity contribution in [2.75, 3.05) is 14.2 Å². The Morgan fingerprint density at radius 1 is 0.649 bits per heavy atom.